The highest BCUT2D eigenvalue weighted by Gasteiger charge is 2.21. The summed E-state index contributed by atoms with van der Waals surface area (Å²) < 4.78 is 40.0. The lowest BCUT2D eigenvalue weighted by Gasteiger charge is -2.24. The van der Waals surface area contributed by atoms with E-state index in [-0.39, 0.29) is 34.9 Å². The van der Waals surface area contributed by atoms with Crippen molar-refractivity contribution >= 4 is 21.9 Å². The average Bonchev–Trinajstić information content (AvgIpc) is 2.88. The Kier molecular flexibility index (Phi) is 8.60. The van der Waals surface area contributed by atoms with Crippen LogP contribution in [0.15, 0.2) is 53.4 Å². The van der Waals surface area contributed by atoms with E-state index in [1.165, 1.54) is 18.2 Å². The number of benzene rings is 2. The Balaban J connectivity index is 1.62. The molecule has 4 rings (SSSR count). The molecular weight excluding hydrogens is 508 g/mol. The van der Waals surface area contributed by atoms with Crippen LogP contribution in [0.4, 0.5) is 5.95 Å². The van der Waals surface area contributed by atoms with Gasteiger partial charge in [-0.2, -0.15) is 4.98 Å². The Morgan fingerprint density at radius 2 is 1.92 bits per heavy atom. The van der Waals surface area contributed by atoms with Crippen LogP contribution in [-0.2, 0) is 14.8 Å². The van der Waals surface area contributed by atoms with E-state index in [0.717, 1.165) is 48.6 Å². The number of hydrogen-bond donors (Lipinski definition) is 3. The van der Waals surface area contributed by atoms with Gasteiger partial charge in [0.1, 0.15) is 6.61 Å². The number of hydrogen-bond acceptors (Lipinski definition) is 8. The van der Waals surface area contributed by atoms with Crippen molar-refractivity contribution in [2.45, 2.75) is 44.0 Å². The molecule has 0 amide bonds. The number of carbonyl (C=O) groups is 1. The van der Waals surface area contributed by atoms with E-state index in [2.05, 4.69) is 14.7 Å². The molecule has 10 nitrogen and oxygen atoms in total. The lowest BCUT2D eigenvalue weighted by molar-refractivity contribution is 0.0469. The number of aromatic carboxylic acids is 1. The van der Waals surface area contributed by atoms with Crippen LogP contribution in [0.3, 0.4) is 0 Å². The van der Waals surface area contributed by atoms with Crippen molar-refractivity contribution in [3.05, 3.63) is 65.2 Å². The van der Waals surface area contributed by atoms with E-state index in [9.17, 15) is 18.3 Å². The zero-order valence-corrected chi connectivity index (χ0v) is 22.2. The van der Waals surface area contributed by atoms with Gasteiger partial charge in [-0.3, -0.25) is 0 Å². The normalized spacial score (nSPS) is 16.6. The number of aryl methyl sites for hydroxylation is 2. The van der Waals surface area contributed by atoms with E-state index in [4.69, 9.17) is 15.2 Å². The maximum atomic E-state index is 13.1. The third kappa shape index (κ3) is 6.85. The number of nitrogens with zero attached hydrogens (tertiary/aromatic N) is 2. The van der Waals surface area contributed by atoms with Crippen LogP contribution in [-0.4, -0.2) is 55.3 Å². The van der Waals surface area contributed by atoms with Crippen molar-refractivity contribution in [1.82, 2.24) is 9.97 Å². The molecule has 1 aromatic heterocycles. The number of carboxylic acid groups (broad SMARTS) is 1. The molecule has 1 saturated heterocycles. The summed E-state index contributed by atoms with van der Waals surface area (Å²) in [6, 6.07) is 12.3. The summed E-state index contributed by atoms with van der Waals surface area (Å²) in [7, 11) is -4.19. The number of carboxylic acids is 1. The van der Waals surface area contributed by atoms with Gasteiger partial charge in [-0.1, -0.05) is 24.3 Å². The Hall–Kier alpha value is -3.54. The number of nitrogens with two attached hydrogens (primary N) is 1. The first-order valence-corrected chi connectivity index (χ1v) is 13.9. The fourth-order valence-electron chi connectivity index (χ4n) is 4.55. The molecule has 2 unspecified atom stereocenters. The van der Waals surface area contributed by atoms with Gasteiger partial charge in [0, 0.05) is 30.9 Å². The first kappa shape index (κ1) is 27.5. The van der Waals surface area contributed by atoms with Crippen molar-refractivity contribution in [1.29, 1.82) is 0 Å². The number of rotatable bonds is 10. The summed E-state index contributed by atoms with van der Waals surface area (Å²) in [6.07, 6.45) is 2.82. The average molecular weight is 541 g/mol. The smallest absolute Gasteiger partial charge is 0.335 e. The van der Waals surface area contributed by atoms with Crippen LogP contribution in [0.5, 0.6) is 5.88 Å². The minimum Gasteiger partial charge on any atom is -0.478 e. The summed E-state index contributed by atoms with van der Waals surface area (Å²) in [5.41, 5.74) is 9.38. The fraction of sp³-hybridized carbons (Fsp3) is 0.370. The second-order valence-corrected chi connectivity index (χ2v) is 11.2. The Morgan fingerprint density at radius 3 is 2.61 bits per heavy atom. The lowest BCUT2D eigenvalue weighted by Crippen LogP contribution is -2.33. The van der Waals surface area contributed by atoms with Crippen molar-refractivity contribution in [2.24, 2.45) is 11.7 Å². The predicted molar refractivity (Wildman–Crippen MR) is 143 cm³/mol. The van der Waals surface area contributed by atoms with Crippen molar-refractivity contribution in [2.75, 3.05) is 24.5 Å². The van der Waals surface area contributed by atoms with Gasteiger partial charge in [0.25, 0.3) is 10.0 Å². The zero-order valence-electron chi connectivity index (χ0n) is 21.4. The first-order valence-electron chi connectivity index (χ1n) is 12.4. The molecule has 2 aromatic carbocycles. The molecule has 4 N–H and O–H groups in total. The number of nitrogens with one attached hydrogen (secondary N) is 1. The summed E-state index contributed by atoms with van der Waals surface area (Å²) >= 11 is 0. The summed E-state index contributed by atoms with van der Waals surface area (Å²) in [4.78, 5) is 19.9. The van der Waals surface area contributed by atoms with E-state index in [1.807, 2.05) is 32.0 Å². The lowest BCUT2D eigenvalue weighted by atomic mass is 9.95. The van der Waals surface area contributed by atoms with Crippen LogP contribution in [0.1, 0.15) is 40.7 Å². The molecular formula is C27H32N4O6S. The van der Waals surface area contributed by atoms with Crippen LogP contribution in [0, 0.1) is 19.8 Å². The molecule has 0 saturated carbocycles. The molecule has 0 bridgehead atoms. The zero-order chi connectivity index (χ0) is 27.3. The summed E-state index contributed by atoms with van der Waals surface area (Å²) in [5, 5.41) is 9.25. The fourth-order valence-corrected chi connectivity index (χ4v) is 5.54. The standard InChI is InChI=1S/C27H32N4O6S/c1-17-6-3-7-18(2)25(17)23-14-24(37-16-21(28)12-19-8-5-11-36-15-19)30-27(29-23)31-38(34,35)22-10-4-9-20(13-22)26(32)33/h3-4,6-7,9-10,13-14,19,21H,5,8,11-12,15-16,28H2,1-2H3,(H,32,33)(H,29,30,31). The molecule has 0 radical (unpaired) electrons. The van der Waals surface area contributed by atoms with Crippen LogP contribution in [0.25, 0.3) is 11.3 Å². The minimum absolute atomic E-state index is 0.153. The highest BCUT2D eigenvalue weighted by Crippen LogP contribution is 2.29. The SMILES string of the molecule is Cc1cccc(C)c1-c1cc(OCC(N)CC2CCCOC2)nc(NS(=O)(=O)c2cccc(C(=O)O)c2)n1. The monoisotopic (exact) mass is 540 g/mol. The molecule has 2 heterocycles. The van der Waals surface area contributed by atoms with Gasteiger partial charge in [-0.25, -0.2) is 22.9 Å². The van der Waals surface area contributed by atoms with Gasteiger partial charge in [0.05, 0.1) is 16.2 Å². The molecule has 202 valence electrons. The number of sulfonamides is 1. The van der Waals surface area contributed by atoms with Gasteiger partial charge in [0.2, 0.25) is 11.8 Å². The molecule has 1 aliphatic rings. The quantitative estimate of drug-likeness (QED) is 0.348. The molecule has 2 atom stereocenters. The third-order valence-electron chi connectivity index (χ3n) is 6.39. The minimum atomic E-state index is -4.19. The van der Waals surface area contributed by atoms with Gasteiger partial charge >= 0.3 is 5.97 Å². The summed E-state index contributed by atoms with van der Waals surface area (Å²) in [6.45, 7) is 5.53. The molecule has 0 spiro atoms. The van der Waals surface area contributed by atoms with Crippen LogP contribution in [0.2, 0.25) is 0 Å². The van der Waals surface area contributed by atoms with Crippen LogP contribution < -0.4 is 15.2 Å². The predicted octanol–water partition coefficient (Wildman–Crippen LogP) is 3.78. The largest absolute Gasteiger partial charge is 0.478 e. The van der Waals surface area contributed by atoms with E-state index in [1.54, 1.807) is 6.07 Å². The molecule has 1 aliphatic heterocycles. The Morgan fingerprint density at radius 1 is 1.18 bits per heavy atom. The number of ether oxygens (including phenoxy) is 2. The Labute approximate surface area is 222 Å². The number of anilines is 1. The van der Waals surface area contributed by atoms with Gasteiger partial charge in [-0.05, 0) is 68.4 Å². The van der Waals surface area contributed by atoms with E-state index in [0.29, 0.717) is 18.2 Å². The van der Waals surface area contributed by atoms with Gasteiger partial charge < -0.3 is 20.3 Å². The first-order chi connectivity index (χ1) is 18.1. The molecule has 38 heavy (non-hydrogen) atoms. The maximum Gasteiger partial charge on any atom is 0.335 e. The highest BCUT2D eigenvalue weighted by molar-refractivity contribution is 7.92. The highest BCUT2D eigenvalue weighted by atomic mass is 32.2. The van der Waals surface area contributed by atoms with Crippen LogP contribution >= 0.6 is 0 Å². The second-order valence-electron chi connectivity index (χ2n) is 9.51. The molecule has 11 heteroatoms. The molecule has 0 aliphatic carbocycles. The van der Waals surface area contributed by atoms with Crippen molar-refractivity contribution in [3.8, 4) is 17.1 Å². The molecule has 1 fully saturated rings. The van der Waals surface area contributed by atoms with Crippen molar-refractivity contribution in [3.63, 3.8) is 0 Å². The molecule has 3 aromatic rings. The van der Waals surface area contributed by atoms with Gasteiger partial charge in [0.15, 0.2) is 0 Å². The topological polar surface area (TPSA) is 154 Å². The van der Waals surface area contributed by atoms with E-state index < -0.39 is 16.0 Å². The third-order valence-corrected chi connectivity index (χ3v) is 7.72. The summed E-state index contributed by atoms with van der Waals surface area (Å²) in [5.74, 6) is -0.885. The Bertz CT molecular complexity index is 1390. The number of aromatic nitrogens is 2. The van der Waals surface area contributed by atoms with Gasteiger partial charge in [-0.15, -0.1) is 0 Å². The van der Waals surface area contributed by atoms with Crippen molar-refractivity contribution < 1.29 is 27.8 Å². The van der Waals surface area contributed by atoms with E-state index >= 15 is 0 Å². The maximum absolute atomic E-state index is 13.1. The second kappa shape index (κ2) is 11.9.